The zero-order valence-electron chi connectivity index (χ0n) is 7.55. The zero-order valence-corrected chi connectivity index (χ0v) is 9.14. The molecule has 14 heavy (non-hydrogen) atoms. The first-order valence-corrected chi connectivity index (χ1v) is 5.01. The summed E-state index contributed by atoms with van der Waals surface area (Å²) in [7, 11) is 0. The minimum Gasteiger partial charge on any atom is -0.458 e. The van der Waals surface area contributed by atoms with Crippen LogP contribution in [0.5, 0.6) is 0 Å². The lowest BCUT2D eigenvalue weighted by Crippen LogP contribution is -2.02. The SMILES string of the molecule is CC(N)c1cc2cc(F)cc(Br)c2o1. The van der Waals surface area contributed by atoms with E-state index in [0.717, 1.165) is 5.39 Å². The number of fused-ring (bicyclic) bond motifs is 1. The van der Waals surface area contributed by atoms with Crippen molar-refractivity contribution in [3.63, 3.8) is 0 Å². The highest BCUT2D eigenvalue weighted by Crippen LogP contribution is 2.30. The van der Waals surface area contributed by atoms with Gasteiger partial charge >= 0.3 is 0 Å². The molecule has 0 spiro atoms. The van der Waals surface area contributed by atoms with Crippen LogP contribution >= 0.6 is 15.9 Å². The molecule has 2 aromatic rings. The summed E-state index contributed by atoms with van der Waals surface area (Å²) in [5.41, 5.74) is 6.30. The molecule has 0 saturated heterocycles. The second kappa shape index (κ2) is 3.37. The Morgan fingerprint density at radius 3 is 2.79 bits per heavy atom. The number of rotatable bonds is 1. The second-order valence-corrected chi connectivity index (χ2v) is 4.10. The van der Waals surface area contributed by atoms with E-state index in [1.807, 2.05) is 6.92 Å². The van der Waals surface area contributed by atoms with Crippen molar-refractivity contribution in [2.75, 3.05) is 0 Å². The fourth-order valence-electron chi connectivity index (χ4n) is 1.32. The van der Waals surface area contributed by atoms with Gasteiger partial charge < -0.3 is 10.2 Å². The molecule has 2 N–H and O–H groups in total. The number of hydrogen-bond donors (Lipinski definition) is 1. The summed E-state index contributed by atoms with van der Waals surface area (Å²) < 4.78 is 19.1. The smallest absolute Gasteiger partial charge is 0.148 e. The van der Waals surface area contributed by atoms with Crippen LogP contribution < -0.4 is 5.73 Å². The van der Waals surface area contributed by atoms with Gasteiger partial charge in [0.2, 0.25) is 0 Å². The Morgan fingerprint density at radius 2 is 2.14 bits per heavy atom. The van der Waals surface area contributed by atoms with Gasteiger partial charge in [-0.25, -0.2) is 4.39 Å². The van der Waals surface area contributed by atoms with Crippen LogP contribution in [-0.4, -0.2) is 0 Å². The van der Waals surface area contributed by atoms with Gasteiger partial charge in [-0.05, 0) is 41.1 Å². The molecule has 0 saturated carbocycles. The monoisotopic (exact) mass is 257 g/mol. The van der Waals surface area contributed by atoms with Crippen molar-refractivity contribution in [1.29, 1.82) is 0 Å². The lowest BCUT2D eigenvalue weighted by Gasteiger charge is -1.97. The predicted octanol–water partition coefficient (Wildman–Crippen LogP) is 3.35. The molecule has 1 atom stereocenters. The third-order valence-corrected chi connectivity index (χ3v) is 2.59. The van der Waals surface area contributed by atoms with E-state index in [0.29, 0.717) is 15.8 Å². The normalized spacial score (nSPS) is 13.4. The summed E-state index contributed by atoms with van der Waals surface area (Å²) >= 11 is 3.24. The highest BCUT2D eigenvalue weighted by molar-refractivity contribution is 9.10. The Morgan fingerprint density at radius 1 is 1.43 bits per heavy atom. The van der Waals surface area contributed by atoms with Gasteiger partial charge in [0.15, 0.2) is 0 Å². The minimum absolute atomic E-state index is 0.183. The van der Waals surface area contributed by atoms with E-state index in [4.69, 9.17) is 10.2 Å². The molecule has 2 nitrogen and oxygen atoms in total. The number of hydrogen-bond acceptors (Lipinski definition) is 2. The summed E-state index contributed by atoms with van der Waals surface area (Å²) in [4.78, 5) is 0. The molecule has 4 heteroatoms. The molecular formula is C10H9BrFNO. The highest BCUT2D eigenvalue weighted by atomic mass is 79.9. The molecule has 0 fully saturated rings. The molecule has 2 rings (SSSR count). The molecule has 1 aromatic carbocycles. The summed E-state index contributed by atoms with van der Waals surface area (Å²) in [6, 6.07) is 4.37. The number of furan rings is 1. The summed E-state index contributed by atoms with van der Waals surface area (Å²) in [6.45, 7) is 1.82. The zero-order chi connectivity index (χ0) is 10.3. The molecular weight excluding hydrogens is 249 g/mol. The maximum Gasteiger partial charge on any atom is 0.148 e. The first kappa shape index (κ1) is 9.68. The Hall–Kier alpha value is -0.870. The molecule has 1 unspecified atom stereocenters. The fraction of sp³-hybridized carbons (Fsp3) is 0.200. The van der Waals surface area contributed by atoms with Crippen LogP contribution in [0, 0.1) is 5.82 Å². The minimum atomic E-state index is -0.290. The van der Waals surface area contributed by atoms with E-state index in [1.54, 1.807) is 6.07 Å². The number of nitrogens with two attached hydrogens (primary N) is 1. The quantitative estimate of drug-likeness (QED) is 0.851. The van der Waals surface area contributed by atoms with Crippen molar-refractivity contribution in [3.8, 4) is 0 Å². The van der Waals surface area contributed by atoms with Crippen LogP contribution in [-0.2, 0) is 0 Å². The second-order valence-electron chi connectivity index (χ2n) is 3.24. The van der Waals surface area contributed by atoms with Gasteiger partial charge in [-0.15, -0.1) is 0 Å². The van der Waals surface area contributed by atoms with E-state index >= 15 is 0 Å². The van der Waals surface area contributed by atoms with E-state index < -0.39 is 0 Å². The largest absolute Gasteiger partial charge is 0.458 e. The predicted molar refractivity (Wildman–Crippen MR) is 56.5 cm³/mol. The van der Waals surface area contributed by atoms with Gasteiger partial charge in [0.05, 0.1) is 10.5 Å². The van der Waals surface area contributed by atoms with Crippen molar-refractivity contribution in [3.05, 3.63) is 34.2 Å². The van der Waals surface area contributed by atoms with Gasteiger partial charge in [-0.2, -0.15) is 0 Å². The van der Waals surface area contributed by atoms with Crippen molar-refractivity contribution in [2.24, 2.45) is 5.73 Å². The molecule has 0 radical (unpaired) electrons. The Labute approximate surface area is 89.0 Å². The van der Waals surface area contributed by atoms with Crippen LogP contribution in [0.1, 0.15) is 18.7 Å². The first-order chi connectivity index (χ1) is 6.58. The Balaban J connectivity index is 2.70. The maximum atomic E-state index is 13.0. The molecule has 1 aromatic heterocycles. The van der Waals surface area contributed by atoms with E-state index in [2.05, 4.69) is 15.9 Å². The van der Waals surface area contributed by atoms with Gasteiger partial charge in [0.1, 0.15) is 17.2 Å². The summed E-state index contributed by atoms with van der Waals surface area (Å²) in [5.74, 6) is 0.368. The topological polar surface area (TPSA) is 39.2 Å². The summed E-state index contributed by atoms with van der Waals surface area (Å²) in [5, 5.41) is 0.726. The van der Waals surface area contributed by atoms with Crippen molar-refractivity contribution >= 4 is 26.9 Å². The van der Waals surface area contributed by atoms with Crippen LogP contribution in [0.3, 0.4) is 0 Å². The molecule has 0 bridgehead atoms. The van der Waals surface area contributed by atoms with Crippen LogP contribution in [0.25, 0.3) is 11.0 Å². The van der Waals surface area contributed by atoms with Crippen molar-refractivity contribution in [2.45, 2.75) is 13.0 Å². The third kappa shape index (κ3) is 1.55. The number of benzene rings is 1. The van der Waals surface area contributed by atoms with Crippen LogP contribution in [0.15, 0.2) is 27.1 Å². The van der Waals surface area contributed by atoms with E-state index in [-0.39, 0.29) is 11.9 Å². The number of halogens is 2. The fourth-order valence-corrected chi connectivity index (χ4v) is 1.85. The van der Waals surface area contributed by atoms with Crippen LogP contribution in [0.2, 0.25) is 0 Å². The van der Waals surface area contributed by atoms with E-state index in [1.165, 1.54) is 12.1 Å². The lowest BCUT2D eigenvalue weighted by molar-refractivity contribution is 0.511. The molecule has 0 aliphatic carbocycles. The average Bonchev–Trinajstić information content (AvgIpc) is 2.47. The van der Waals surface area contributed by atoms with Crippen LogP contribution in [0.4, 0.5) is 4.39 Å². The molecule has 0 aliphatic rings. The molecule has 0 aliphatic heterocycles. The standard InChI is InChI=1S/C10H9BrFNO/c1-5(13)9-3-6-2-7(12)4-8(11)10(6)14-9/h2-5H,13H2,1H3. The Kier molecular flexibility index (Phi) is 2.33. The lowest BCUT2D eigenvalue weighted by atomic mass is 10.2. The van der Waals surface area contributed by atoms with Gasteiger partial charge in [-0.1, -0.05) is 0 Å². The molecule has 74 valence electrons. The van der Waals surface area contributed by atoms with Gasteiger partial charge in [0, 0.05) is 5.39 Å². The molecule has 1 heterocycles. The maximum absolute atomic E-state index is 13.0. The highest BCUT2D eigenvalue weighted by Gasteiger charge is 2.11. The Bertz CT molecular complexity index is 478. The van der Waals surface area contributed by atoms with E-state index in [9.17, 15) is 4.39 Å². The average molecular weight is 258 g/mol. The van der Waals surface area contributed by atoms with Crippen molar-refractivity contribution < 1.29 is 8.81 Å². The third-order valence-electron chi connectivity index (χ3n) is 2.00. The molecule has 0 amide bonds. The van der Waals surface area contributed by atoms with Gasteiger partial charge in [-0.3, -0.25) is 0 Å². The first-order valence-electron chi connectivity index (χ1n) is 4.22. The van der Waals surface area contributed by atoms with Crippen molar-refractivity contribution in [1.82, 2.24) is 0 Å². The van der Waals surface area contributed by atoms with Gasteiger partial charge in [0.25, 0.3) is 0 Å². The summed E-state index contributed by atoms with van der Waals surface area (Å²) in [6.07, 6.45) is 0.